The molecule has 0 spiro atoms. The minimum Gasteiger partial charge on any atom is -0.496 e. The van der Waals surface area contributed by atoms with E-state index in [0.717, 1.165) is 6.54 Å². The van der Waals surface area contributed by atoms with E-state index in [1.54, 1.807) is 6.07 Å². The number of hydrogen-bond donors (Lipinski definition) is 1. The van der Waals surface area contributed by atoms with Crippen molar-refractivity contribution < 1.29 is 14.4 Å². The van der Waals surface area contributed by atoms with Gasteiger partial charge in [0.05, 0.1) is 25.2 Å². The molecule has 0 aliphatic rings. The molecule has 0 saturated heterocycles. The van der Waals surface area contributed by atoms with Crippen LogP contribution in [0.15, 0.2) is 18.2 Å². The first kappa shape index (κ1) is 15.4. The van der Waals surface area contributed by atoms with E-state index < -0.39 is 4.92 Å². The molecule has 0 unspecified atom stereocenters. The van der Waals surface area contributed by atoms with Crippen LogP contribution in [0.1, 0.15) is 19.4 Å². The largest absolute Gasteiger partial charge is 0.496 e. The molecule has 1 N–H and O–H groups in total. The third-order valence-corrected chi connectivity index (χ3v) is 2.53. The summed E-state index contributed by atoms with van der Waals surface area (Å²) in [6, 6.07) is 4.90. The van der Waals surface area contributed by atoms with Crippen LogP contribution in [0.3, 0.4) is 0 Å². The normalized spacial score (nSPS) is 10.7. The van der Waals surface area contributed by atoms with Gasteiger partial charge in [-0.3, -0.25) is 10.1 Å². The van der Waals surface area contributed by atoms with E-state index in [2.05, 4.69) is 19.2 Å². The second kappa shape index (κ2) is 7.70. The van der Waals surface area contributed by atoms with Crippen molar-refractivity contribution in [1.82, 2.24) is 5.32 Å². The van der Waals surface area contributed by atoms with E-state index in [0.29, 0.717) is 30.6 Å². The Morgan fingerprint density at radius 1 is 1.42 bits per heavy atom. The molecule has 1 aromatic carbocycles. The van der Waals surface area contributed by atoms with Gasteiger partial charge < -0.3 is 14.8 Å². The number of nitrogens with zero attached hydrogens (tertiary/aromatic N) is 1. The molecule has 1 rings (SSSR count). The highest BCUT2D eigenvalue weighted by atomic mass is 16.6. The fourth-order valence-corrected chi connectivity index (χ4v) is 1.59. The smallest absolute Gasteiger partial charge is 0.270 e. The average molecular weight is 268 g/mol. The lowest BCUT2D eigenvalue weighted by molar-refractivity contribution is -0.385. The molecule has 0 fully saturated rings. The number of non-ortho nitro benzene ring substituents is 1. The Morgan fingerprint density at radius 3 is 2.74 bits per heavy atom. The molecular weight excluding hydrogens is 248 g/mol. The van der Waals surface area contributed by atoms with Crippen LogP contribution in [0.4, 0.5) is 5.69 Å². The number of hydrogen-bond acceptors (Lipinski definition) is 5. The summed E-state index contributed by atoms with van der Waals surface area (Å²) < 4.78 is 10.6. The molecule has 0 bridgehead atoms. The number of methoxy groups -OCH3 is 1. The summed E-state index contributed by atoms with van der Waals surface area (Å²) in [5.41, 5.74) is 0.723. The quantitative estimate of drug-likeness (QED) is 0.444. The molecule has 0 aromatic heterocycles. The van der Waals surface area contributed by atoms with Gasteiger partial charge in [0.15, 0.2) is 0 Å². The maximum Gasteiger partial charge on any atom is 0.270 e. The van der Waals surface area contributed by atoms with Crippen LogP contribution < -0.4 is 10.1 Å². The predicted octanol–water partition coefficient (Wildman–Crippen LogP) is 2.12. The molecule has 0 atom stereocenters. The van der Waals surface area contributed by atoms with E-state index in [4.69, 9.17) is 9.47 Å². The third-order valence-electron chi connectivity index (χ3n) is 2.53. The first-order chi connectivity index (χ1) is 9.04. The lowest BCUT2D eigenvalue weighted by Gasteiger charge is -2.10. The maximum absolute atomic E-state index is 10.7. The molecule has 0 radical (unpaired) electrons. The van der Waals surface area contributed by atoms with Crippen LogP contribution in [0.5, 0.6) is 5.75 Å². The molecule has 0 aliphatic heterocycles. The third kappa shape index (κ3) is 5.23. The standard InChI is InChI=1S/C13H20N2O4/c1-10(2)14-6-7-19-9-11-8-12(15(16)17)4-5-13(11)18-3/h4-5,8,10,14H,6-7,9H2,1-3H3. The maximum atomic E-state index is 10.7. The van der Waals surface area contributed by atoms with Gasteiger partial charge in [-0.15, -0.1) is 0 Å². The molecule has 0 aliphatic carbocycles. The minimum atomic E-state index is -0.427. The van der Waals surface area contributed by atoms with Crippen LogP contribution >= 0.6 is 0 Å². The van der Waals surface area contributed by atoms with Crippen LogP contribution in [-0.4, -0.2) is 31.2 Å². The van der Waals surface area contributed by atoms with Gasteiger partial charge in [0.25, 0.3) is 5.69 Å². The molecule has 0 heterocycles. The summed E-state index contributed by atoms with van der Waals surface area (Å²) in [6.07, 6.45) is 0. The molecule has 106 valence electrons. The summed E-state index contributed by atoms with van der Waals surface area (Å²) in [4.78, 5) is 10.3. The van der Waals surface area contributed by atoms with Crippen LogP contribution in [0, 0.1) is 10.1 Å². The number of ether oxygens (including phenoxy) is 2. The van der Waals surface area contributed by atoms with Gasteiger partial charge in [-0.25, -0.2) is 0 Å². The number of rotatable bonds is 8. The highest BCUT2D eigenvalue weighted by Gasteiger charge is 2.11. The summed E-state index contributed by atoms with van der Waals surface area (Å²) >= 11 is 0. The molecule has 0 amide bonds. The van der Waals surface area contributed by atoms with Gasteiger partial charge in [0.1, 0.15) is 5.75 Å². The molecule has 6 heteroatoms. The van der Waals surface area contributed by atoms with E-state index in [1.165, 1.54) is 19.2 Å². The summed E-state index contributed by atoms with van der Waals surface area (Å²) in [5, 5.41) is 13.9. The lowest BCUT2D eigenvalue weighted by atomic mass is 10.2. The van der Waals surface area contributed by atoms with Gasteiger partial charge >= 0.3 is 0 Å². The summed E-state index contributed by atoms with van der Waals surface area (Å²) in [6.45, 7) is 5.71. The molecular formula is C13H20N2O4. The lowest BCUT2D eigenvalue weighted by Crippen LogP contribution is -2.26. The van der Waals surface area contributed by atoms with Crippen LogP contribution in [0.2, 0.25) is 0 Å². The molecule has 19 heavy (non-hydrogen) atoms. The van der Waals surface area contributed by atoms with Crippen molar-refractivity contribution in [1.29, 1.82) is 0 Å². The average Bonchev–Trinajstić information content (AvgIpc) is 2.37. The number of nitro groups is 1. The Labute approximate surface area is 112 Å². The summed E-state index contributed by atoms with van der Waals surface area (Å²) in [7, 11) is 1.53. The van der Waals surface area contributed by atoms with Crippen molar-refractivity contribution in [3.8, 4) is 5.75 Å². The van der Waals surface area contributed by atoms with Crippen molar-refractivity contribution >= 4 is 5.69 Å². The predicted molar refractivity (Wildman–Crippen MR) is 72.4 cm³/mol. The zero-order valence-corrected chi connectivity index (χ0v) is 11.5. The fraction of sp³-hybridized carbons (Fsp3) is 0.538. The van der Waals surface area contributed by atoms with Crippen molar-refractivity contribution in [3.63, 3.8) is 0 Å². The van der Waals surface area contributed by atoms with Crippen LogP contribution in [0.25, 0.3) is 0 Å². The molecule has 0 saturated carbocycles. The first-order valence-corrected chi connectivity index (χ1v) is 6.17. The fourth-order valence-electron chi connectivity index (χ4n) is 1.59. The SMILES string of the molecule is COc1ccc([N+](=O)[O-])cc1COCCNC(C)C. The Balaban J connectivity index is 2.55. The molecule has 6 nitrogen and oxygen atoms in total. The topological polar surface area (TPSA) is 73.6 Å². The zero-order valence-electron chi connectivity index (χ0n) is 11.5. The Kier molecular flexibility index (Phi) is 6.24. The highest BCUT2D eigenvalue weighted by molar-refractivity contribution is 5.43. The van der Waals surface area contributed by atoms with Gasteiger partial charge in [-0.1, -0.05) is 13.8 Å². The second-order valence-corrected chi connectivity index (χ2v) is 4.41. The monoisotopic (exact) mass is 268 g/mol. The van der Waals surface area contributed by atoms with E-state index in [-0.39, 0.29) is 5.69 Å². The van der Waals surface area contributed by atoms with Gasteiger partial charge in [-0.05, 0) is 6.07 Å². The minimum absolute atomic E-state index is 0.0414. The van der Waals surface area contributed by atoms with Crippen molar-refractivity contribution in [2.24, 2.45) is 0 Å². The number of nitro benzene ring substituents is 1. The van der Waals surface area contributed by atoms with Crippen molar-refractivity contribution in [3.05, 3.63) is 33.9 Å². The van der Waals surface area contributed by atoms with Crippen molar-refractivity contribution in [2.45, 2.75) is 26.5 Å². The van der Waals surface area contributed by atoms with Gasteiger partial charge in [0, 0.05) is 30.3 Å². The second-order valence-electron chi connectivity index (χ2n) is 4.41. The van der Waals surface area contributed by atoms with Gasteiger partial charge in [-0.2, -0.15) is 0 Å². The van der Waals surface area contributed by atoms with E-state index in [9.17, 15) is 10.1 Å². The number of nitrogens with one attached hydrogen (secondary N) is 1. The van der Waals surface area contributed by atoms with Crippen molar-refractivity contribution in [2.75, 3.05) is 20.3 Å². The first-order valence-electron chi connectivity index (χ1n) is 6.17. The Morgan fingerprint density at radius 2 is 2.16 bits per heavy atom. The van der Waals surface area contributed by atoms with Gasteiger partial charge in [0.2, 0.25) is 0 Å². The Hall–Kier alpha value is -1.66. The van der Waals surface area contributed by atoms with E-state index >= 15 is 0 Å². The number of benzene rings is 1. The van der Waals surface area contributed by atoms with E-state index in [1.807, 2.05) is 0 Å². The zero-order chi connectivity index (χ0) is 14.3. The summed E-state index contributed by atoms with van der Waals surface area (Å²) in [5.74, 6) is 0.599. The molecule has 1 aromatic rings. The van der Waals surface area contributed by atoms with Crippen LogP contribution in [-0.2, 0) is 11.3 Å². The Bertz CT molecular complexity index is 421. The highest BCUT2D eigenvalue weighted by Crippen LogP contribution is 2.24.